The maximum absolute atomic E-state index is 12.3. The molecule has 4 nitrogen and oxygen atoms in total. The zero-order valence-corrected chi connectivity index (χ0v) is 13.6. The third-order valence-electron chi connectivity index (χ3n) is 4.20. The molecule has 25 heavy (non-hydrogen) atoms. The molecule has 4 heteroatoms. The molecule has 0 unspecified atom stereocenters. The Morgan fingerprint density at radius 1 is 0.960 bits per heavy atom. The summed E-state index contributed by atoms with van der Waals surface area (Å²) < 4.78 is 1.90. The van der Waals surface area contributed by atoms with Crippen LogP contribution in [-0.4, -0.2) is 15.5 Å². The van der Waals surface area contributed by atoms with Gasteiger partial charge in [0.1, 0.15) is 0 Å². The largest absolute Gasteiger partial charge is 0.348 e. The van der Waals surface area contributed by atoms with Crippen LogP contribution < -0.4 is 5.32 Å². The lowest BCUT2D eigenvalue weighted by molar-refractivity contribution is 0.0951. The van der Waals surface area contributed by atoms with Gasteiger partial charge in [0.15, 0.2) is 0 Å². The Balaban J connectivity index is 1.44. The fourth-order valence-corrected chi connectivity index (χ4v) is 2.83. The third-order valence-corrected chi connectivity index (χ3v) is 4.20. The minimum Gasteiger partial charge on any atom is -0.348 e. The van der Waals surface area contributed by atoms with E-state index in [4.69, 9.17) is 0 Å². The number of imidazole rings is 1. The van der Waals surface area contributed by atoms with Crippen molar-refractivity contribution in [1.82, 2.24) is 14.9 Å². The fraction of sp³-hybridized carbons (Fsp3) is 0.0476. The van der Waals surface area contributed by atoms with Crippen LogP contribution in [0.25, 0.3) is 16.5 Å². The van der Waals surface area contributed by atoms with Crippen LogP contribution in [0.4, 0.5) is 0 Å². The Hall–Kier alpha value is -3.40. The Labute approximate surface area is 145 Å². The molecule has 0 fully saturated rings. The van der Waals surface area contributed by atoms with Crippen LogP contribution in [-0.2, 0) is 6.54 Å². The summed E-state index contributed by atoms with van der Waals surface area (Å²) in [5.74, 6) is -0.0784. The van der Waals surface area contributed by atoms with Gasteiger partial charge >= 0.3 is 0 Å². The first-order valence-corrected chi connectivity index (χ1v) is 8.14. The number of fused-ring (bicyclic) bond motifs is 1. The van der Waals surface area contributed by atoms with Crippen LogP contribution >= 0.6 is 0 Å². The molecule has 1 aromatic heterocycles. The smallest absolute Gasteiger partial charge is 0.251 e. The van der Waals surface area contributed by atoms with Crippen molar-refractivity contribution in [2.75, 3.05) is 0 Å². The molecule has 0 saturated carbocycles. The standard InChI is InChI=1S/C21H17N3O/c25-21(18-7-9-20(10-8-18)24-12-11-22-15-24)23-14-16-5-6-17-3-1-2-4-19(17)13-16/h1-13,15H,14H2,(H,23,25). The normalized spacial score (nSPS) is 10.7. The number of aromatic nitrogens is 2. The highest BCUT2D eigenvalue weighted by molar-refractivity contribution is 5.94. The summed E-state index contributed by atoms with van der Waals surface area (Å²) in [4.78, 5) is 16.4. The van der Waals surface area contributed by atoms with Crippen LogP contribution in [0.3, 0.4) is 0 Å². The van der Waals surface area contributed by atoms with E-state index in [-0.39, 0.29) is 5.91 Å². The second-order valence-electron chi connectivity index (χ2n) is 5.88. The van der Waals surface area contributed by atoms with Gasteiger partial charge in [-0.25, -0.2) is 4.98 Å². The molecule has 3 aromatic carbocycles. The van der Waals surface area contributed by atoms with E-state index in [1.165, 1.54) is 10.8 Å². The van der Waals surface area contributed by atoms with Gasteiger partial charge in [-0.1, -0.05) is 36.4 Å². The maximum Gasteiger partial charge on any atom is 0.251 e. The summed E-state index contributed by atoms with van der Waals surface area (Å²) in [6.07, 6.45) is 5.33. The lowest BCUT2D eigenvalue weighted by atomic mass is 10.1. The predicted octanol–water partition coefficient (Wildman–Crippen LogP) is 3.96. The van der Waals surface area contributed by atoms with Crippen molar-refractivity contribution in [3.63, 3.8) is 0 Å². The van der Waals surface area contributed by atoms with Crippen molar-refractivity contribution in [2.45, 2.75) is 6.54 Å². The van der Waals surface area contributed by atoms with E-state index in [1.54, 1.807) is 12.5 Å². The molecular formula is C21H17N3O. The lowest BCUT2D eigenvalue weighted by Crippen LogP contribution is -2.22. The molecule has 0 aliphatic rings. The molecular weight excluding hydrogens is 310 g/mol. The molecule has 0 aliphatic carbocycles. The topological polar surface area (TPSA) is 46.9 Å². The molecule has 0 spiro atoms. The minimum atomic E-state index is -0.0784. The van der Waals surface area contributed by atoms with Gasteiger partial charge in [-0.2, -0.15) is 0 Å². The Morgan fingerprint density at radius 2 is 1.76 bits per heavy atom. The van der Waals surface area contributed by atoms with Crippen molar-refractivity contribution >= 4 is 16.7 Å². The first-order chi connectivity index (χ1) is 12.3. The van der Waals surface area contributed by atoms with Crippen LogP contribution in [0.2, 0.25) is 0 Å². The van der Waals surface area contributed by atoms with E-state index < -0.39 is 0 Å². The first-order valence-electron chi connectivity index (χ1n) is 8.14. The quantitative estimate of drug-likeness (QED) is 0.617. The van der Waals surface area contributed by atoms with Crippen molar-refractivity contribution in [1.29, 1.82) is 0 Å². The van der Waals surface area contributed by atoms with Gasteiger partial charge < -0.3 is 9.88 Å². The summed E-state index contributed by atoms with van der Waals surface area (Å²) in [5, 5.41) is 5.36. The first kappa shape index (κ1) is 15.1. The predicted molar refractivity (Wildman–Crippen MR) is 98.7 cm³/mol. The summed E-state index contributed by atoms with van der Waals surface area (Å²) in [6, 6.07) is 21.9. The van der Waals surface area contributed by atoms with Crippen molar-refractivity contribution in [2.24, 2.45) is 0 Å². The zero-order valence-electron chi connectivity index (χ0n) is 13.6. The number of amides is 1. The van der Waals surface area contributed by atoms with E-state index >= 15 is 0 Å². The molecule has 1 N–H and O–H groups in total. The number of nitrogens with one attached hydrogen (secondary N) is 1. The Bertz CT molecular complexity index is 1000. The molecule has 1 amide bonds. The minimum absolute atomic E-state index is 0.0784. The maximum atomic E-state index is 12.3. The SMILES string of the molecule is O=C(NCc1ccc2ccccc2c1)c1ccc(-n2ccnc2)cc1. The van der Waals surface area contributed by atoms with Crippen LogP contribution in [0.5, 0.6) is 0 Å². The molecule has 0 atom stereocenters. The van der Waals surface area contributed by atoms with Gasteiger partial charge in [-0.3, -0.25) is 4.79 Å². The number of carbonyl (C=O) groups excluding carboxylic acids is 1. The highest BCUT2D eigenvalue weighted by atomic mass is 16.1. The summed E-state index contributed by atoms with van der Waals surface area (Å²) in [7, 11) is 0. The number of rotatable bonds is 4. The molecule has 4 aromatic rings. The van der Waals surface area contributed by atoms with Crippen molar-refractivity contribution < 1.29 is 4.79 Å². The second-order valence-corrected chi connectivity index (χ2v) is 5.88. The number of benzene rings is 3. The Kier molecular flexibility index (Phi) is 4.01. The van der Waals surface area contributed by atoms with Crippen molar-refractivity contribution in [3.05, 3.63) is 96.6 Å². The molecule has 4 rings (SSSR count). The average molecular weight is 327 g/mol. The second kappa shape index (κ2) is 6.61. The molecule has 0 radical (unpaired) electrons. The van der Waals surface area contributed by atoms with Crippen LogP contribution in [0.15, 0.2) is 85.5 Å². The molecule has 1 heterocycles. The van der Waals surface area contributed by atoms with Gasteiger partial charge in [0, 0.05) is 30.2 Å². The lowest BCUT2D eigenvalue weighted by Gasteiger charge is -2.08. The summed E-state index contributed by atoms with van der Waals surface area (Å²) in [6.45, 7) is 0.507. The summed E-state index contributed by atoms with van der Waals surface area (Å²) >= 11 is 0. The van der Waals surface area contributed by atoms with E-state index in [2.05, 4.69) is 34.6 Å². The number of carbonyl (C=O) groups is 1. The zero-order chi connectivity index (χ0) is 17.1. The van der Waals surface area contributed by atoms with Gasteiger partial charge in [0.2, 0.25) is 0 Å². The number of hydrogen-bond donors (Lipinski definition) is 1. The fourth-order valence-electron chi connectivity index (χ4n) is 2.83. The number of hydrogen-bond acceptors (Lipinski definition) is 2. The van der Waals surface area contributed by atoms with Crippen LogP contribution in [0.1, 0.15) is 15.9 Å². The van der Waals surface area contributed by atoms with E-state index in [1.807, 2.05) is 53.2 Å². The molecule has 122 valence electrons. The molecule has 0 saturated heterocycles. The van der Waals surface area contributed by atoms with Gasteiger partial charge in [-0.15, -0.1) is 0 Å². The molecule has 0 aliphatic heterocycles. The van der Waals surface area contributed by atoms with Crippen LogP contribution in [0, 0.1) is 0 Å². The van der Waals surface area contributed by atoms with Gasteiger partial charge in [0.05, 0.1) is 6.33 Å². The number of nitrogens with zero attached hydrogens (tertiary/aromatic N) is 2. The van der Waals surface area contributed by atoms with E-state index in [0.717, 1.165) is 11.3 Å². The highest BCUT2D eigenvalue weighted by Gasteiger charge is 2.06. The van der Waals surface area contributed by atoms with Crippen molar-refractivity contribution in [3.8, 4) is 5.69 Å². The average Bonchev–Trinajstić information content (AvgIpc) is 3.21. The highest BCUT2D eigenvalue weighted by Crippen LogP contribution is 2.16. The monoisotopic (exact) mass is 327 g/mol. The molecule has 0 bridgehead atoms. The van der Waals surface area contributed by atoms with Gasteiger partial charge in [-0.05, 0) is 46.7 Å². The Morgan fingerprint density at radius 3 is 2.52 bits per heavy atom. The summed E-state index contributed by atoms with van der Waals surface area (Å²) in [5.41, 5.74) is 2.70. The third kappa shape index (κ3) is 3.28. The van der Waals surface area contributed by atoms with E-state index in [0.29, 0.717) is 12.1 Å². The van der Waals surface area contributed by atoms with Gasteiger partial charge in [0.25, 0.3) is 5.91 Å². The van der Waals surface area contributed by atoms with E-state index in [9.17, 15) is 4.79 Å².